The van der Waals surface area contributed by atoms with Crippen molar-refractivity contribution in [3.63, 3.8) is 0 Å². The lowest BCUT2D eigenvalue weighted by molar-refractivity contribution is -0.140. The number of rotatable bonds is 8. The number of carbonyl (C=O) groups excluding carboxylic acids is 1. The summed E-state index contributed by atoms with van der Waals surface area (Å²) in [6.07, 6.45) is 3.87. The molecule has 0 atom stereocenters. The Kier molecular flexibility index (Phi) is 7.13. The number of fused-ring (bicyclic) bond motifs is 1. The first-order valence-electron chi connectivity index (χ1n) is 10.1. The predicted molar refractivity (Wildman–Crippen MR) is 128 cm³/mol. The second-order valence-electron chi connectivity index (χ2n) is 7.35. The van der Waals surface area contributed by atoms with Gasteiger partial charge in [0.2, 0.25) is 0 Å². The maximum atomic E-state index is 12.3. The lowest BCUT2D eigenvalue weighted by Gasteiger charge is -2.19. The molecule has 0 amide bonds. The first kappa shape index (κ1) is 22.1. The van der Waals surface area contributed by atoms with Crippen molar-refractivity contribution < 1.29 is 13.9 Å². The molecule has 2 aromatic carbocycles. The minimum absolute atomic E-state index is 0.196. The van der Waals surface area contributed by atoms with Gasteiger partial charge >= 0.3 is 5.63 Å². The highest BCUT2D eigenvalue weighted by Gasteiger charge is 2.07. The molecule has 7 nitrogen and oxygen atoms in total. The van der Waals surface area contributed by atoms with Gasteiger partial charge in [-0.3, -0.25) is 4.79 Å². The van der Waals surface area contributed by atoms with E-state index in [0.717, 1.165) is 16.9 Å². The maximum Gasteiger partial charge on any atom is 0.362 e. The second kappa shape index (κ2) is 9.97. The largest absolute Gasteiger partial charge is 0.464 e. The number of benzene rings is 2. The number of ether oxygens (including phenoxy) is 1. The fourth-order valence-electron chi connectivity index (χ4n) is 2.93. The smallest absolute Gasteiger partial charge is 0.362 e. The average molecular weight is 419 g/mol. The Bertz CT molecular complexity index is 1140. The zero-order valence-electron chi connectivity index (χ0n) is 18.3. The zero-order valence-corrected chi connectivity index (χ0v) is 18.3. The number of hydrogen-bond acceptors (Lipinski definition) is 7. The first-order valence-corrected chi connectivity index (χ1v) is 10.1. The van der Waals surface area contributed by atoms with Gasteiger partial charge in [0.05, 0.1) is 6.54 Å². The molecule has 0 aliphatic rings. The monoisotopic (exact) mass is 419 g/mol. The molecular formula is C23H26BN3O4. The van der Waals surface area contributed by atoms with Crippen LogP contribution < -0.4 is 15.4 Å². The molecule has 31 heavy (non-hydrogen) atoms. The molecule has 0 aliphatic carbocycles. The highest BCUT2D eigenvalue weighted by Crippen LogP contribution is 2.19. The second-order valence-corrected chi connectivity index (χ2v) is 7.35. The predicted octanol–water partition coefficient (Wildman–Crippen LogP) is 2.46. The molecule has 0 unspecified atom stereocenters. The van der Waals surface area contributed by atoms with Gasteiger partial charge in [0.15, 0.2) is 5.58 Å². The molecule has 0 fully saturated rings. The van der Waals surface area contributed by atoms with E-state index in [-0.39, 0.29) is 11.7 Å². The molecule has 0 radical (unpaired) electrons. The number of hydrogen-bond donors (Lipinski definition) is 0. The topological polar surface area (TPSA) is 75.9 Å². The maximum absolute atomic E-state index is 12.3. The van der Waals surface area contributed by atoms with Crippen molar-refractivity contribution in [3.8, 4) is 0 Å². The summed E-state index contributed by atoms with van der Waals surface area (Å²) < 4.78 is 10.6. The molecule has 0 saturated carbocycles. The Morgan fingerprint density at radius 1 is 1.10 bits per heavy atom. The third-order valence-electron chi connectivity index (χ3n) is 4.86. The normalized spacial score (nSPS) is 11.1. The number of nitrogens with zero attached hydrogens (tertiary/aromatic N) is 3. The molecule has 0 spiro atoms. The van der Waals surface area contributed by atoms with E-state index < -0.39 is 5.63 Å². The van der Waals surface area contributed by atoms with Crippen molar-refractivity contribution >= 4 is 48.4 Å². The van der Waals surface area contributed by atoms with E-state index in [0.29, 0.717) is 30.6 Å². The van der Waals surface area contributed by atoms with Crippen LogP contribution in [0.4, 0.5) is 11.4 Å². The number of esters is 1. The SMILES string of the molecule is BCC(=O)OCCN(C)c1ccc(/C=C/c2nc3ccc(N(C)C)cc3oc2=O)cc1. The van der Waals surface area contributed by atoms with Gasteiger partial charge in [-0.1, -0.05) is 18.2 Å². The molecule has 3 rings (SSSR count). The lowest BCUT2D eigenvalue weighted by Crippen LogP contribution is -2.23. The first-order chi connectivity index (χ1) is 14.9. The van der Waals surface area contributed by atoms with Crippen LogP contribution in [0, 0.1) is 0 Å². The standard InChI is InChI=1S/C23H26BN3O4/c1-26(2)18-9-11-19-21(14-18)31-23(29)20(25-19)10-6-16-4-7-17(8-5-16)27(3)12-13-30-22(28)15-24/h4-11,14H,12-13,15,24H2,1-3H3/b10-6+. The Labute approximate surface area is 182 Å². The molecule has 3 aromatic rings. The zero-order chi connectivity index (χ0) is 22.4. The summed E-state index contributed by atoms with van der Waals surface area (Å²) in [5.41, 5.74) is 3.75. The minimum Gasteiger partial charge on any atom is -0.464 e. The third kappa shape index (κ3) is 5.75. The summed E-state index contributed by atoms with van der Waals surface area (Å²) in [5, 5.41) is 0. The molecule has 160 valence electrons. The van der Waals surface area contributed by atoms with Crippen molar-refractivity contribution in [3.05, 3.63) is 64.1 Å². The van der Waals surface area contributed by atoms with Gasteiger partial charge in [-0.05, 0) is 35.9 Å². The van der Waals surface area contributed by atoms with Gasteiger partial charge in [0.25, 0.3) is 5.97 Å². The van der Waals surface area contributed by atoms with Gasteiger partial charge in [-0.25, -0.2) is 9.78 Å². The third-order valence-corrected chi connectivity index (χ3v) is 4.86. The van der Waals surface area contributed by atoms with Crippen LogP contribution in [0.2, 0.25) is 6.32 Å². The van der Waals surface area contributed by atoms with Crippen LogP contribution in [0.1, 0.15) is 11.3 Å². The van der Waals surface area contributed by atoms with Crippen molar-refractivity contribution in [2.45, 2.75) is 6.32 Å². The van der Waals surface area contributed by atoms with E-state index in [1.54, 1.807) is 20.0 Å². The van der Waals surface area contributed by atoms with Crippen molar-refractivity contribution in [2.75, 3.05) is 44.1 Å². The summed E-state index contributed by atoms with van der Waals surface area (Å²) in [5.74, 6) is -0.196. The molecule has 0 aliphatic heterocycles. The van der Waals surface area contributed by atoms with E-state index in [4.69, 9.17) is 9.15 Å². The summed E-state index contributed by atoms with van der Waals surface area (Å²) in [4.78, 5) is 31.9. The quantitative estimate of drug-likeness (QED) is 0.410. The Hall–Kier alpha value is -3.55. The van der Waals surface area contributed by atoms with Crippen molar-refractivity contribution in [2.24, 2.45) is 0 Å². The molecule has 1 aromatic heterocycles. The molecule has 1 heterocycles. The number of aromatic nitrogens is 1. The molecule has 8 heteroatoms. The van der Waals surface area contributed by atoms with Crippen LogP contribution in [0.15, 0.2) is 51.7 Å². The highest BCUT2D eigenvalue weighted by atomic mass is 16.5. The van der Waals surface area contributed by atoms with E-state index in [2.05, 4.69) is 4.98 Å². The van der Waals surface area contributed by atoms with Gasteiger partial charge in [-0.2, -0.15) is 0 Å². The van der Waals surface area contributed by atoms with Crippen LogP contribution >= 0.6 is 0 Å². The van der Waals surface area contributed by atoms with Crippen LogP contribution in [0.25, 0.3) is 23.3 Å². The lowest BCUT2D eigenvalue weighted by atomic mass is 10.1. The Morgan fingerprint density at radius 3 is 2.48 bits per heavy atom. The minimum atomic E-state index is -0.474. The van der Waals surface area contributed by atoms with Gasteiger partial charge in [-0.15, -0.1) is 0 Å². The average Bonchev–Trinajstić information content (AvgIpc) is 2.77. The van der Waals surface area contributed by atoms with Gasteiger partial charge in [0.1, 0.15) is 25.7 Å². The fraction of sp³-hybridized carbons (Fsp3) is 0.261. The van der Waals surface area contributed by atoms with Crippen LogP contribution in [0.3, 0.4) is 0 Å². The van der Waals surface area contributed by atoms with Gasteiger partial charge in [0, 0.05) is 44.9 Å². The molecule has 0 N–H and O–H groups in total. The van der Waals surface area contributed by atoms with Crippen molar-refractivity contribution in [1.29, 1.82) is 0 Å². The fourth-order valence-corrected chi connectivity index (χ4v) is 2.93. The summed E-state index contributed by atoms with van der Waals surface area (Å²) in [6.45, 7) is 0.961. The van der Waals surface area contributed by atoms with Crippen LogP contribution in [-0.4, -0.2) is 53.1 Å². The summed E-state index contributed by atoms with van der Waals surface area (Å²) in [7, 11) is 7.56. The Morgan fingerprint density at radius 2 is 1.81 bits per heavy atom. The van der Waals surface area contributed by atoms with E-state index >= 15 is 0 Å². The molecular weight excluding hydrogens is 393 g/mol. The van der Waals surface area contributed by atoms with E-state index in [1.165, 1.54) is 0 Å². The number of anilines is 2. The van der Waals surface area contributed by atoms with Crippen LogP contribution in [-0.2, 0) is 9.53 Å². The van der Waals surface area contributed by atoms with Crippen LogP contribution in [0.5, 0.6) is 0 Å². The van der Waals surface area contributed by atoms with E-state index in [9.17, 15) is 9.59 Å². The highest BCUT2D eigenvalue weighted by molar-refractivity contribution is 6.18. The van der Waals surface area contributed by atoms with Gasteiger partial charge < -0.3 is 19.0 Å². The van der Waals surface area contributed by atoms with E-state index in [1.807, 2.05) is 73.4 Å². The Balaban J connectivity index is 1.69. The number of likely N-dealkylation sites (N-methyl/N-ethyl adjacent to an activating group) is 1. The van der Waals surface area contributed by atoms with Crippen molar-refractivity contribution in [1.82, 2.24) is 4.98 Å². The summed E-state index contributed by atoms with van der Waals surface area (Å²) in [6, 6.07) is 13.4. The summed E-state index contributed by atoms with van der Waals surface area (Å²) >= 11 is 0. The molecule has 0 saturated heterocycles. The molecule has 0 bridgehead atoms. The number of carbonyl (C=O) groups is 1.